The fourth-order valence-corrected chi connectivity index (χ4v) is 3.31. The summed E-state index contributed by atoms with van der Waals surface area (Å²) in [7, 11) is 3.74. The molecule has 148 valence electrons. The van der Waals surface area contributed by atoms with Crippen LogP contribution in [0.2, 0.25) is 0 Å². The Kier molecular flexibility index (Phi) is 10.1. The van der Waals surface area contributed by atoms with Crippen LogP contribution in [0, 0.1) is 12.3 Å². The average Bonchev–Trinajstić information content (AvgIpc) is 3.21. The van der Waals surface area contributed by atoms with Gasteiger partial charge in [-0.3, -0.25) is 0 Å². The molecule has 7 nitrogen and oxygen atoms in total. The van der Waals surface area contributed by atoms with Crippen molar-refractivity contribution in [1.29, 1.82) is 0 Å². The topological polar surface area (TPSA) is 76.4 Å². The molecule has 1 aromatic heterocycles. The molecule has 0 bridgehead atoms. The van der Waals surface area contributed by atoms with Gasteiger partial charge in [-0.2, -0.15) is 0 Å². The van der Waals surface area contributed by atoms with E-state index in [-0.39, 0.29) is 24.0 Å². The van der Waals surface area contributed by atoms with Gasteiger partial charge in [-0.05, 0) is 31.6 Å². The van der Waals surface area contributed by atoms with Gasteiger partial charge in [0.15, 0.2) is 11.8 Å². The number of nitrogens with one attached hydrogen (secondary N) is 2. The molecule has 0 radical (unpaired) electrons. The van der Waals surface area contributed by atoms with Crippen LogP contribution in [0.15, 0.2) is 17.6 Å². The first-order chi connectivity index (χ1) is 12.1. The minimum Gasteiger partial charge on any atom is -0.385 e. The number of ether oxygens (including phenoxy) is 1. The molecule has 1 saturated carbocycles. The Balaban J connectivity index is 0.00000338. The number of aryl methyl sites for hydroxylation is 1. The molecule has 0 saturated heterocycles. The summed E-state index contributed by atoms with van der Waals surface area (Å²) in [5.41, 5.74) is 0.313. The van der Waals surface area contributed by atoms with E-state index in [0.29, 0.717) is 18.5 Å². The number of hydrogen-bond acceptors (Lipinski definition) is 4. The number of aliphatic imine (C=N–C) groups is 1. The summed E-state index contributed by atoms with van der Waals surface area (Å²) in [6.07, 6.45) is 8.03. The van der Waals surface area contributed by atoms with Crippen LogP contribution < -0.4 is 10.6 Å². The van der Waals surface area contributed by atoms with Crippen LogP contribution in [0.25, 0.3) is 0 Å². The smallest absolute Gasteiger partial charge is 0.191 e. The molecule has 1 aliphatic rings. The number of halogens is 1. The van der Waals surface area contributed by atoms with E-state index in [0.717, 1.165) is 37.2 Å². The van der Waals surface area contributed by atoms with Crippen LogP contribution in [0.1, 0.15) is 43.8 Å². The molecule has 0 unspecified atom stereocenters. The van der Waals surface area contributed by atoms with Crippen LogP contribution >= 0.6 is 24.0 Å². The predicted molar refractivity (Wildman–Crippen MR) is 116 cm³/mol. The van der Waals surface area contributed by atoms with Crippen molar-refractivity contribution < 1.29 is 4.74 Å². The number of methoxy groups -OCH3 is 1. The number of rotatable bonds is 9. The number of guanidine groups is 1. The van der Waals surface area contributed by atoms with Crippen LogP contribution in [0.4, 0.5) is 0 Å². The Morgan fingerprint density at radius 1 is 1.35 bits per heavy atom. The molecule has 26 heavy (non-hydrogen) atoms. The lowest BCUT2D eigenvalue weighted by atomic mass is 9.83. The minimum absolute atomic E-state index is 0. The molecule has 8 heteroatoms. The van der Waals surface area contributed by atoms with Crippen molar-refractivity contribution >= 4 is 29.9 Å². The van der Waals surface area contributed by atoms with E-state index in [1.807, 2.05) is 24.6 Å². The highest BCUT2D eigenvalue weighted by Gasteiger charge is 2.33. The lowest BCUT2D eigenvalue weighted by Gasteiger charge is -2.30. The summed E-state index contributed by atoms with van der Waals surface area (Å²) in [4.78, 5) is 4.67. The molecule has 0 spiro atoms. The van der Waals surface area contributed by atoms with Gasteiger partial charge in [0, 0.05) is 33.9 Å². The molecule has 0 aliphatic heterocycles. The van der Waals surface area contributed by atoms with Gasteiger partial charge in [0.05, 0.1) is 0 Å². The lowest BCUT2D eigenvalue weighted by molar-refractivity contribution is 0.138. The molecule has 1 aromatic rings. The van der Waals surface area contributed by atoms with Crippen molar-refractivity contribution in [3.05, 3.63) is 24.3 Å². The zero-order valence-electron chi connectivity index (χ0n) is 16.3. The molecule has 0 atom stereocenters. The molecule has 1 aliphatic carbocycles. The minimum atomic E-state index is 0. The first-order valence-corrected chi connectivity index (χ1v) is 9.07. The second-order valence-corrected chi connectivity index (χ2v) is 6.86. The maximum Gasteiger partial charge on any atom is 0.191 e. The first kappa shape index (κ1) is 22.9. The molecule has 2 rings (SSSR count). The predicted octanol–water partition coefficient (Wildman–Crippen LogP) is 2.56. The zero-order valence-corrected chi connectivity index (χ0v) is 18.6. The Bertz CT molecular complexity index is 580. The third-order valence-corrected chi connectivity index (χ3v) is 5.11. The fourth-order valence-electron chi connectivity index (χ4n) is 3.31. The Morgan fingerprint density at radius 3 is 2.65 bits per heavy atom. The Hall–Kier alpha value is -1.16. The summed E-state index contributed by atoms with van der Waals surface area (Å²) in [6.45, 7) is 8.61. The maximum atomic E-state index is 5.32. The van der Waals surface area contributed by atoms with Crippen molar-refractivity contribution in [2.75, 3.05) is 26.8 Å². The van der Waals surface area contributed by atoms with E-state index < -0.39 is 0 Å². The number of nitrogens with zero attached hydrogens (tertiary/aromatic N) is 4. The van der Waals surface area contributed by atoms with Gasteiger partial charge >= 0.3 is 0 Å². The largest absolute Gasteiger partial charge is 0.385 e. The lowest BCUT2D eigenvalue weighted by Crippen LogP contribution is -2.43. The highest BCUT2D eigenvalue weighted by Crippen LogP contribution is 2.40. The second kappa shape index (κ2) is 11.5. The standard InChI is InChI=1S/C18H32N6O.HI/c1-5-11-19-17(20-13-16-23-22-15(2)24(16)3)21-14-18(10-12-25-4)8-6-7-9-18;/h5H,1,6-14H2,2-4H3,(H2,19,20,21);1H. The SMILES string of the molecule is C=CCNC(=NCc1nnc(C)n1C)NCC1(CCOC)CCCC1.I. The van der Waals surface area contributed by atoms with Crippen LogP contribution in [-0.4, -0.2) is 47.5 Å². The molecule has 2 N–H and O–H groups in total. The summed E-state index contributed by atoms with van der Waals surface area (Å²) >= 11 is 0. The van der Waals surface area contributed by atoms with Gasteiger partial charge in [-0.1, -0.05) is 18.9 Å². The van der Waals surface area contributed by atoms with E-state index in [1.165, 1.54) is 25.7 Å². The van der Waals surface area contributed by atoms with Crippen molar-refractivity contribution in [3.63, 3.8) is 0 Å². The van der Waals surface area contributed by atoms with E-state index >= 15 is 0 Å². The maximum absolute atomic E-state index is 5.32. The van der Waals surface area contributed by atoms with E-state index in [2.05, 4.69) is 32.4 Å². The van der Waals surface area contributed by atoms with Crippen LogP contribution in [-0.2, 0) is 18.3 Å². The van der Waals surface area contributed by atoms with E-state index in [4.69, 9.17) is 4.74 Å². The zero-order chi connectivity index (χ0) is 18.1. The third-order valence-electron chi connectivity index (χ3n) is 5.11. The van der Waals surface area contributed by atoms with Gasteiger partial charge in [0.2, 0.25) is 0 Å². The number of hydrogen-bond donors (Lipinski definition) is 2. The first-order valence-electron chi connectivity index (χ1n) is 9.07. The Labute approximate surface area is 174 Å². The third kappa shape index (κ3) is 6.53. The van der Waals surface area contributed by atoms with Crippen molar-refractivity contribution in [2.45, 2.75) is 45.6 Å². The van der Waals surface area contributed by atoms with E-state index in [9.17, 15) is 0 Å². The molecule has 0 amide bonds. The van der Waals surface area contributed by atoms with Crippen LogP contribution in [0.5, 0.6) is 0 Å². The van der Waals surface area contributed by atoms with E-state index in [1.54, 1.807) is 7.11 Å². The van der Waals surface area contributed by atoms with Crippen molar-refractivity contribution in [1.82, 2.24) is 25.4 Å². The van der Waals surface area contributed by atoms with Gasteiger partial charge in [0.25, 0.3) is 0 Å². The molecule has 1 fully saturated rings. The molecular weight excluding hydrogens is 443 g/mol. The summed E-state index contributed by atoms with van der Waals surface area (Å²) in [5.74, 6) is 2.54. The summed E-state index contributed by atoms with van der Waals surface area (Å²) < 4.78 is 7.28. The van der Waals surface area contributed by atoms with Crippen molar-refractivity contribution in [2.24, 2.45) is 17.5 Å². The molecule has 1 heterocycles. The molecule has 0 aromatic carbocycles. The highest BCUT2D eigenvalue weighted by atomic mass is 127. The van der Waals surface area contributed by atoms with Gasteiger partial charge in [-0.15, -0.1) is 40.8 Å². The van der Waals surface area contributed by atoms with Gasteiger partial charge in [0.1, 0.15) is 12.4 Å². The fraction of sp³-hybridized carbons (Fsp3) is 0.722. The van der Waals surface area contributed by atoms with Gasteiger partial charge < -0.3 is 19.9 Å². The van der Waals surface area contributed by atoms with Crippen LogP contribution in [0.3, 0.4) is 0 Å². The summed E-state index contributed by atoms with van der Waals surface area (Å²) in [5, 5.41) is 15.1. The quantitative estimate of drug-likeness (QED) is 0.248. The highest BCUT2D eigenvalue weighted by molar-refractivity contribution is 14.0. The monoisotopic (exact) mass is 476 g/mol. The van der Waals surface area contributed by atoms with Gasteiger partial charge in [-0.25, -0.2) is 4.99 Å². The Morgan fingerprint density at radius 2 is 2.08 bits per heavy atom. The summed E-state index contributed by atoms with van der Waals surface area (Å²) in [6, 6.07) is 0. The normalized spacial score (nSPS) is 16.2. The van der Waals surface area contributed by atoms with Crippen molar-refractivity contribution in [3.8, 4) is 0 Å². The molecular formula is C18H33IN6O. The number of aromatic nitrogens is 3. The second-order valence-electron chi connectivity index (χ2n) is 6.86. The average molecular weight is 476 g/mol.